The van der Waals surface area contributed by atoms with Crippen molar-refractivity contribution in [2.24, 2.45) is 11.8 Å². The van der Waals surface area contributed by atoms with Crippen LogP contribution >= 0.6 is 11.8 Å². The summed E-state index contributed by atoms with van der Waals surface area (Å²) in [5.74, 6) is 2.26. The molecule has 2 fully saturated rings. The quantitative estimate of drug-likeness (QED) is 0.833. The van der Waals surface area contributed by atoms with Crippen LogP contribution in [0.2, 0.25) is 0 Å². The lowest BCUT2D eigenvalue weighted by Crippen LogP contribution is -2.44. The van der Waals surface area contributed by atoms with Crippen molar-refractivity contribution in [3.8, 4) is 0 Å². The Morgan fingerprint density at radius 1 is 1.21 bits per heavy atom. The van der Waals surface area contributed by atoms with Gasteiger partial charge in [-0.15, -0.1) is 11.8 Å². The van der Waals surface area contributed by atoms with E-state index in [-0.39, 0.29) is 5.91 Å². The van der Waals surface area contributed by atoms with Gasteiger partial charge in [0.25, 0.3) is 0 Å². The Balaban J connectivity index is 1.68. The number of rotatable bonds is 4. The smallest absolute Gasteiger partial charge is 0.230 e. The molecule has 3 nitrogen and oxygen atoms in total. The van der Waals surface area contributed by atoms with Crippen LogP contribution in [-0.2, 0) is 4.79 Å². The molecule has 2 N–H and O–H groups in total. The van der Waals surface area contributed by atoms with E-state index in [0.717, 1.165) is 25.4 Å². The number of nitrogens with one attached hydrogen (secondary N) is 2. The number of amides is 1. The Morgan fingerprint density at radius 3 is 2.68 bits per heavy atom. The largest absolute Gasteiger partial charge is 0.352 e. The first kappa shape index (κ1) is 15.2. The van der Waals surface area contributed by atoms with Crippen LogP contribution in [0.15, 0.2) is 0 Å². The summed E-state index contributed by atoms with van der Waals surface area (Å²) < 4.78 is 0. The highest BCUT2D eigenvalue weighted by molar-refractivity contribution is 8.00. The van der Waals surface area contributed by atoms with E-state index in [1.54, 1.807) is 0 Å². The number of carbonyl (C=O) groups is 1. The van der Waals surface area contributed by atoms with Gasteiger partial charge in [-0.1, -0.05) is 26.7 Å². The maximum Gasteiger partial charge on any atom is 0.230 e. The summed E-state index contributed by atoms with van der Waals surface area (Å²) in [5, 5.41) is 7.30. The highest BCUT2D eigenvalue weighted by atomic mass is 32.2. The normalized spacial score (nSPS) is 33.1. The van der Waals surface area contributed by atoms with Gasteiger partial charge in [0.05, 0.1) is 5.75 Å². The van der Waals surface area contributed by atoms with E-state index < -0.39 is 0 Å². The summed E-state index contributed by atoms with van der Waals surface area (Å²) in [4.78, 5) is 12.1. The second-order valence-corrected chi connectivity index (χ2v) is 7.49. The van der Waals surface area contributed by atoms with Gasteiger partial charge in [-0.2, -0.15) is 0 Å². The zero-order chi connectivity index (χ0) is 13.7. The minimum atomic E-state index is 0.245. The fourth-order valence-corrected chi connectivity index (χ4v) is 4.23. The van der Waals surface area contributed by atoms with E-state index in [4.69, 9.17) is 0 Å². The Bertz CT molecular complexity index is 292. The predicted molar refractivity (Wildman–Crippen MR) is 82.5 cm³/mol. The van der Waals surface area contributed by atoms with Crippen molar-refractivity contribution >= 4 is 17.7 Å². The molecule has 1 heterocycles. The Morgan fingerprint density at radius 2 is 1.95 bits per heavy atom. The highest BCUT2D eigenvalue weighted by Gasteiger charge is 2.28. The van der Waals surface area contributed by atoms with E-state index in [0.29, 0.717) is 23.0 Å². The molecule has 3 atom stereocenters. The van der Waals surface area contributed by atoms with Crippen LogP contribution in [0, 0.1) is 11.8 Å². The highest BCUT2D eigenvalue weighted by Crippen LogP contribution is 2.29. The number of piperidine rings is 1. The molecule has 0 bridgehead atoms. The van der Waals surface area contributed by atoms with Gasteiger partial charge in [-0.25, -0.2) is 0 Å². The van der Waals surface area contributed by atoms with Gasteiger partial charge in [-0.05, 0) is 44.2 Å². The molecule has 19 heavy (non-hydrogen) atoms. The molecule has 0 aromatic carbocycles. The van der Waals surface area contributed by atoms with Crippen molar-refractivity contribution in [2.45, 2.75) is 57.2 Å². The lowest BCUT2D eigenvalue weighted by Gasteiger charge is -2.34. The molecule has 0 aromatic rings. The number of hydrogen-bond acceptors (Lipinski definition) is 3. The second-order valence-electron chi connectivity index (χ2n) is 6.20. The summed E-state index contributed by atoms with van der Waals surface area (Å²) in [5.41, 5.74) is 0. The van der Waals surface area contributed by atoms with Crippen LogP contribution in [-0.4, -0.2) is 36.0 Å². The summed E-state index contributed by atoms with van der Waals surface area (Å²) >= 11 is 1.84. The Kier molecular flexibility index (Phi) is 6.02. The molecule has 1 saturated carbocycles. The number of carbonyl (C=O) groups excluding carboxylic acids is 1. The summed E-state index contributed by atoms with van der Waals surface area (Å²) in [7, 11) is 0. The van der Waals surface area contributed by atoms with Crippen molar-refractivity contribution < 1.29 is 4.79 Å². The van der Waals surface area contributed by atoms with Gasteiger partial charge in [0.1, 0.15) is 0 Å². The fourth-order valence-electron chi connectivity index (χ4n) is 3.19. The van der Waals surface area contributed by atoms with Crippen LogP contribution in [0.4, 0.5) is 0 Å². The first-order valence-electron chi connectivity index (χ1n) is 7.78. The van der Waals surface area contributed by atoms with Gasteiger partial charge < -0.3 is 10.6 Å². The summed E-state index contributed by atoms with van der Waals surface area (Å²) in [6.07, 6.45) is 6.15. The molecular formula is C15H28N2OS. The van der Waals surface area contributed by atoms with Crippen molar-refractivity contribution in [3.05, 3.63) is 0 Å². The van der Waals surface area contributed by atoms with E-state index in [9.17, 15) is 4.79 Å². The molecule has 1 aliphatic carbocycles. The Labute approximate surface area is 121 Å². The van der Waals surface area contributed by atoms with E-state index in [1.165, 1.54) is 25.7 Å². The third kappa shape index (κ3) is 4.67. The average molecular weight is 284 g/mol. The first-order valence-corrected chi connectivity index (χ1v) is 8.83. The molecule has 4 heteroatoms. The average Bonchev–Trinajstić information content (AvgIpc) is 2.43. The van der Waals surface area contributed by atoms with Crippen LogP contribution in [0.25, 0.3) is 0 Å². The Hall–Kier alpha value is -0.220. The molecule has 110 valence electrons. The van der Waals surface area contributed by atoms with Gasteiger partial charge >= 0.3 is 0 Å². The first-order chi connectivity index (χ1) is 9.16. The summed E-state index contributed by atoms with van der Waals surface area (Å²) in [6.45, 7) is 6.81. The van der Waals surface area contributed by atoms with E-state index >= 15 is 0 Å². The molecule has 1 saturated heterocycles. The molecule has 0 spiro atoms. The zero-order valence-corrected chi connectivity index (χ0v) is 13.1. The monoisotopic (exact) mass is 284 g/mol. The molecule has 2 rings (SSSR count). The van der Waals surface area contributed by atoms with Crippen molar-refractivity contribution in [1.29, 1.82) is 0 Å². The topological polar surface area (TPSA) is 41.1 Å². The minimum Gasteiger partial charge on any atom is -0.352 e. The van der Waals surface area contributed by atoms with Crippen LogP contribution in [0.1, 0.15) is 46.0 Å². The maximum atomic E-state index is 12.1. The molecular weight excluding hydrogens is 256 g/mol. The molecule has 3 unspecified atom stereocenters. The van der Waals surface area contributed by atoms with E-state index in [1.807, 2.05) is 11.8 Å². The molecule has 2 aliphatic rings. The van der Waals surface area contributed by atoms with Crippen LogP contribution in [0.3, 0.4) is 0 Å². The molecule has 1 amide bonds. The van der Waals surface area contributed by atoms with Gasteiger partial charge in [-0.3, -0.25) is 4.79 Å². The predicted octanol–water partition coefficient (Wildman–Crippen LogP) is 2.41. The molecule has 0 aromatic heterocycles. The zero-order valence-electron chi connectivity index (χ0n) is 12.3. The van der Waals surface area contributed by atoms with Crippen LogP contribution < -0.4 is 10.6 Å². The van der Waals surface area contributed by atoms with Gasteiger partial charge in [0.2, 0.25) is 5.91 Å². The summed E-state index contributed by atoms with van der Waals surface area (Å²) in [6, 6.07) is 0.407. The van der Waals surface area contributed by atoms with Crippen molar-refractivity contribution in [1.82, 2.24) is 10.6 Å². The molecule has 1 aliphatic heterocycles. The van der Waals surface area contributed by atoms with Gasteiger partial charge in [0, 0.05) is 11.3 Å². The lowest BCUT2D eigenvalue weighted by molar-refractivity contribution is -0.120. The standard InChI is InChI=1S/C15H28N2OS/c1-11-4-3-5-14(12(11)2)17-15(18)10-19-13-6-8-16-9-7-13/h11-14,16H,3-10H2,1-2H3,(H,17,18). The third-order valence-electron chi connectivity index (χ3n) is 4.79. The maximum absolute atomic E-state index is 12.1. The van der Waals surface area contributed by atoms with Gasteiger partial charge in [0.15, 0.2) is 0 Å². The number of hydrogen-bond donors (Lipinski definition) is 2. The SMILES string of the molecule is CC1CCCC(NC(=O)CSC2CCNCC2)C1C. The van der Waals surface area contributed by atoms with Crippen LogP contribution in [0.5, 0.6) is 0 Å². The second kappa shape index (κ2) is 7.53. The lowest BCUT2D eigenvalue weighted by atomic mass is 9.78. The van der Waals surface area contributed by atoms with Crippen molar-refractivity contribution in [3.63, 3.8) is 0 Å². The molecule has 0 radical (unpaired) electrons. The number of thioether (sulfide) groups is 1. The van der Waals surface area contributed by atoms with Crippen molar-refractivity contribution in [2.75, 3.05) is 18.8 Å². The minimum absolute atomic E-state index is 0.245. The third-order valence-corrected chi connectivity index (χ3v) is 6.16. The van der Waals surface area contributed by atoms with E-state index in [2.05, 4.69) is 24.5 Å². The fraction of sp³-hybridized carbons (Fsp3) is 0.933.